The fourth-order valence-corrected chi connectivity index (χ4v) is 1.32. The number of nitrogens with zero attached hydrogens (tertiary/aromatic N) is 1. The van der Waals surface area contributed by atoms with E-state index in [2.05, 4.69) is 26.5 Å². The van der Waals surface area contributed by atoms with Gasteiger partial charge in [0.2, 0.25) is 0 Å². The van der Waals surface area contributed by atoms with E-state index in [0.29, 0.717) is 0 Å². The smallest absolute Gasteiger partial charge is 0.0637 e. The Balaban J connectivity index is 2.61. The largest absolute Gasteiger partial charge is 0.306 e. The van der Waals surface area contributed by atoms with Crippen LogP contribution in [0.5, 0.6) is 0 Å². The molecule has 0 saturated carbocycles. The van der Waals surface area contributed by atoms with Crippen LogP contribution >= 0.6 is 9.24 Å². The third-order valence-electron chi connectivity index (χ3n) is 1.43. The fraction of sp³-hybridized carbons (Fsp3) is 0.375. The quantitative estimate of drug-likeness (QED) is 0.693. The first kappa shape index (κ1) is 8.63. The highest BCUT2D eigenvalue weighted by molar-refractivity contribution is 7.17. The Hall–Kier alpha value is -0.460. The maximum atomic E-state index is 4.21. The van der Waals surface area contributed by atoms with Crippen LogP contribution in [0.3, 0.4) is 0 Å². The van der Waals surface area contributed by atoms with Crippen molar-refractivity contribution < 1.29 is 0 Å². The molecule has 3 heteroatoms. The molecule has 1 aromatic rings. The third-order valence-corrected chi connectivity index (χ3v) is 2.01. The topological polar surface area (TPSA) is 24.9 Å². The molecule has 0 aliphatic heterocycles. The number of pyridine rings is 1. The Kier molecular flexibility index (Phi) is 3.47. The highest BCUT2D eigenvalue weighted by atomic mass is 31.0. The molecule has 0 saturated heterocycles. The molecule has 0 radical (unpaired) electrons. The van der Waals surface area contributed by atoms with Gasteiger partial charge in [-0.2, -0.15) is 0 Å². The highest BCUT2D eigenvalue weighted by Crippen LogP contribution is 2.15. The van der Waals surface area contributed by atoms with Gasteiger partial charge in [0.05, 0.1) is 11.5 Å². The van der Waals surface area contributed by atoms with Crippen molar-refractivity contribution in [3.05, 3.63) is 30.1 Å². The van der Waals surface area contributed by atoms with Crippen LogP contribution in [0, 0.1) is 0 Å². The van der Waals surface area contributed by atoms with Crippen molar-refractivity contribution in [2.24, 2.45) is 0 Å². The van der Waals surface area contributed by atoms with E-state index in [-0.39, 0.29) is 5.78 Å². The molecule has 2 atom stereocenters. The third kappa shape index (κ3) is 2.57. The normalized spacial score (nSPS) is 12.9. The Morgan fingerprint density at radius 1 is 1.64 bits per heavy atom. The first-order valence-corrected chi connectivity index (χ1v) is 4.41. The molecule has 1 aromatic heterocycles. The Labute approximate surface area is 69.6 Å². The van der Waals surface area contributed by atoms with Gasteiger partial charge in [-0.25, -0.2) is 0 Å². The molecular weight excluding hydrogens is 155 g/mol. The van der Waals surface area contributed by atoms with Gasteiger partial charge in [0.15, 0.2) is 0 Å². The van der Waals surface area contributed by atoms with E-state index in [1.165, 1.54) is 0 Å². The summed E-state index contributed by atoms with van der Waals surface area (Å²) in [5.41, 5.74) is 1.07. The van der Waals surface area contributed by atoms with E-state index in [1.807, 2.05) is 24.4 Å². The minimum absolute atomic E-state index is 0.279. The summed E-state index contributed by atoms with van der Waals surface area (Å²) in [6.07, 6.45) is 1.81. The first-order valence-electron chi connectivity index (χ1n) is 3.74. The molecular formula is C8H13N2P. The summed E-state index contributed by atoms with van der Waals surface area (Å²) in [6, 6.07) is 5.93. The van der Waals surface area contributed by atoms with Gasteiger partial charge in [-0.15, -0.1) is 9.24 Å². The molecule has 0 aliphatic carbocycles. The van der Waals surface area contributed by atoms with Crippen molar-refractivity contribution in [3.63, 3.8) is 0 Å². The Morgan fingerprint density at radius 2 is 2.45 bits per heavy atom. The molecule has 1 rings (SSSR count). The van der Waals surface area contributed by atoms with E-state index < -0.39 is 0 Å². The molecule has 11 heavy (non-hydrogen) atoms. The first-order chi connectivity index (χ1) is 5.34. The van der Waals surface area contributed by atoms with Crippen molar-refractivity contribution in [1.29, 1.82) is 0 Å². The van der Waals surface area contributed by atoms with E-state index in [0.717, 1.165) is 12.2 Å². The van der Waals surface area contributed by atoms with Gasteiger partial charge in [0.25, 0.3) is 0 Å². The number of hydrogen-bond donors (Lipinski definition) is 1. The van der Waals surface area contributed by atoms with Gasteiger partial charge in [-0.1, -0.05) is 13.0 Å². The molecule has 0 aromatic carbocycles. The zero-order valence-electron chi connectivity index (χ0n) is 6.62. The predicted octanol–water partition coefficient (Wildman–Crippen LogP) is 1.56. The van der Waals surface area contributed by atoms with Gasteiger partial charge >= 0.3 is 0 Å². The number of aromatic nitrogens is 1. The van der Waals surface area contributed by atoms with Crippen LogP contribution in [0.25, 0.3) is 0 Å². The SMILES string of the molecule is CCNC(P)c1ccccn1. The van der Waals surface area contributed by atoms with Crippen molar-refractivity contribution in [1.82, 2.24) is 10.3 Å². The Bertz CT molecular complexity index is 201. The summed E-state index contributed by atoms with van der Waals surface area (Å²) >= 11 is 0. The van der Waals surface area contributed by atoms with Crippen LogP contribution in [-0.2, 0) is 0 Å². The summed E-state index contributed by atoms with van der Waals surface area (Å²) < 4.78 is 0. The maximum absolute atomic E-state index is 4.21. The molecule has 1 heterocycles. The Morgan fingerprint density at radius 3 is 3.00 bits per heavy atom. The summed E-state index contributed by atoms with van der Waals surface area (Å²) in [5, 5.41) is 3.26. The molecule has 1 N–H and O–H groups in total. The van der Waals surface area contributed by atoms with E-state index >= 15 is 0 Å². The van der Waals surface area contributed by atoms with Crippen molar-refractivity contribution in [3.8, 4) is 0 Å². The lowest BCUT2D eigenvalue weighted by molar-refractivity contribution is 0.694. The highest BCUT2D eigenvalue weighted by Gasteiger charge is 2.01. The lowest BCUT2D eigenvalue weighted by Gasteiger charge is -2.10. The van der Waals surface area contributed by atoms with Gasteiger partial charge in [-0.3, -0.25) is 4.98 Å². The van der Waals surface area contributed by atoms with Crippen molar-refractivity contribution >= 4 is 9.24 Å². The van der Waals surface area contributed by atoms with Crippen molar-refractivity contribution in [2.45, 2.75) is 12.7 Å². The second-order valence-electron chi connectivity index (χ2n) is 2.29. The van der Waals surface area contributed by atoms with Crippen LogP contribution in [-0.4, -0.2) is 11.5 Å². The summed E-state index contributed by atoms with van der Waals surface area (Å²) in [6.45, 7) is 3.05. The maximum Gasteiger partial charge on any atom is 0.0637 e. The van der Waals surface area contributed by atoms with E-state index in [9.17, 15) is 0 Å². The second kappa shape index (κ2) is 4.42. The molecule has 0 bridgehead atoms. The standard InChI is InChI=1S/C8H13N2P/c1-2-9-8(11)7-5-3-4-6-10-7/h3-6,8-9H,2,11H2,1H3. The molecule has 2 nitrogen and oxygen atoms in total. The zero-order chi connectivity index (χ0) is 8.10. The van der Waals surface area contributed by atoms with Crippen LogP contribution in [0.15, 0.2) is 24.4 Å². The molecule has 0 fully saturated rings. The minimum atomic E-state index is 0.279. The van der Waals surface area contributed by atoms with Gasteiger partial charge in [0.1, 0.15) is 0 Å². The van der Waals surface area contributed by atoms with Gasteiger partial charge in [-0.05, 0) is 18.7 Å². The molecule has 0 spiro atoms. The number of hydrogen-bond acceptors (Lipinski definition) is 2. The summed E-state index contributed by atoms with van der Waals surface area (Å²) in [4.78, 5) is 4.21. The second-order valence-corrected chi connectivity index (χ2v) is 2.96. The van der Waals surface area contributed by atoms with Crippen LogP contribution in [0.4, 0.5) is 0 Å². The number of rotatable bonds is 3. The monoisotopic (exact) mass is 168 g/mol. The van der Waals surface area contributed by atoms with Crippen LogP contribution < -0.4 is 5.32 Å². The average Bonchev–Trinajstić information content (AvgIpc) is 2.07. The zero-order valence-corrected chi connectivity index (χ0v) is 7.77. The predicted molar refractivity (Wildman–Crippen MR) is 50.4 cm³/mol. The lowest BCUT2D eigenvalue weighted by Crippen LogP contribution is -2.15. The van der Waals surface area contributed by atoms with Crippen LogP contribution in [0.1, 0.15) is 18.4 Å². The molecule has 60 valence electrons. The average molecular weight is 168 g/mol. The lowest BCUT2D eigenvalue weighted by atomic mass is 10.3. The summed E-state index contributed by atoms with van der Waals surface area (Å²) in [7, 11) is 2.72. The van der Waals surface area contributed by atoms with Crippen molar-refractivity contribution in [2.75, 3.05) is 6.54 Å². The molecule has 0 amide bonds. The van der Waals surface area contributed by atoms with Gasteiger partial charge < -0.3 is 5.32 Å². The van der Waals surface area contributed by atoms with Crippen LogP contribution in [0.2, 0.25) is 0 Å². The fourth-order valence-electron chi connectivity index (χ4n) is 0.884. The van der Waals surface area contributed by atoms with E-state index in [1.54, 1.807) is 0 Å². The van der Waals surface area contributed by atoms with Gasteiger partial charge in [0, 0.05) is 6.20 Å². The summed E-state index contributed by atoms with van der Waals surface area (Å²) in [5.74, 6) is 0.279. The number of nitrogens with one attached hydrogen (secondary N) is 1. The minimum Gasteiger partial charge on any atom is -0.306 e. The molecule has 2 unspecified atom stereocenters. The van der Waals surface area contributed by atoms with E-state index in [4.69, 9.17) is 0 Å². The molecule has 0 aliphatic rings.